The van der Waals surface area contributed by atoms with Crippen LogP contribution in [0.15, 0.2) is 0 Å². The van der Waals surface area contributed by atoms with Crippen molar-refractivity contribution in [3.8, 4) is 0 Å². The lowest BCUT2D eigenvalue weighted by Gasteiger charge is -2.33. The molecule has 0 aromatic carbocycles. The van der Waals surface area contributed by atoms with Crippen molar-refractivity contribution in [1.82, 2.24) is 5.32 Å². The number of thioether (sulfide) groups is 1. The minimum absolute atomic E-state index is 0.387. The molecule has 3 heteroatoms. The second-order valence-electron chi connectivity index (χ2n) is 5.46. The molecule has 0 bridgehead atoms. The Morgan fingerprint density at radius 1 is 1.47 bits per heavy atom. The smallest absolute Gasteiger partial charge is 0.0616 e. The van der Waals surface area contributed by atoms with Gasteiger partial charge < -0.3 is 10.1 Å². The van der Waals surface area contributed by atoms with Gasteiger partial charge in [0.15, 0.2) is 0 Å². The summed E-state index contributed by atoms with van der Waals surface area (Å²) in [6.45, 7) is 11.0. The van der Waals surface area contributed by atoms with Gasteiger partial charge in [0, 0.05) is 24.6 Å². The molecule has 0 saturated carbocycles. The van der Waals surface area contributed by atoms with Crippen LogP contribution in [0.1, 0.15) is 47.0 Å². The predicted octanol–water partition coefficient (Wildman–Crippen LogP) is 3.31. The van der Waals surface area contributed by atoms with Gasteiger partial charge in [-0.25, -0.2) is 0 Å². The highest BCUT2D eigenvalue weighted by molar-refractivity contribution is 7.99. The summed E-state index contributed by atoms with van der Waals surface area (Å²) in [5, 5.41) is 3.61. The molecule has 2 unspecified atom stereocenters. The third-order valence-electron chi connectivity index (χ3n) is 3.86. The van der Waals surface area contributed by atoms with Crippen molar-refractivity contribution in [3.05, 3.63) is 0 Å². The van der Waals surface area contributed by atoms with Crippen LogP contribution in [-0.2, 0) is 4.74 Å². The first kappa shape index (κ1) is 15.3. The average Bonchev–Trinajstić information content (AvgIpc) is 2.65. The summed E-state index contributed by atoms with van der Waals surface area (Å²) in [5.74, 6) is 2.54. The number of nitrogens with one attached hydrogen (secondary N) is 1. The molecule has 0 amide bonds. The Labute approximate surface area is 111 Å². The largest absolute Gasteiger partial charge is 0.378 e. The van der Waals surface area contributed by atoms with Gasteiger partial charge in [0.1, 0.15) is 0 Å². The Balaban J connectivity index is 2.41. The van der Waals surface area contributed by atoms with Gasteiger partial charge in [0.25, 0.3) is 0 Å². The lowest BCUT2D eigenvalue weighted by molar-refractivity contribution is 0.0572. The summed E-state index contributed by atoms with van der Waals surface area (Å²) >= 11 is 2.05. The standard InChI is InChI=1S/C14H29NOS/c1-5-17-10-6-7-14(11-15-12(2)3)8-9-16-13(14)4/h12-13,15H,5-11H2,1-4H3. The molecule has 17 heavy (non-hydrogen) atoms. The molecule has 0 aromatic rings. The quantitative estimate of drug-likeness (QED) is 0.676. The third kappa shape index (κ3) is 4.80. The lowest BCUT2D eigenvalue weighted by atomic mass is 9.77. The topological polar surface area (TPSA) is 21.3 Å². The van der Waals surface area contributed by atoms with Crippen molar-refractivity contribution in [2.45, 2.75) is 59.1 Å². The molecule has 102 valence electrons. The van der Waals surface area contributed by atoms with Gasteiger partial charge in [0.05, 0.1) is 6.10 Å². The fraction of sp³-hybridized carbons (Fsp3) is 1.00. The summed E-state index contributed by atoms with van der Waals surface area (Å²) in [7, 11) is 0. The molecule has 1 aliphatic rings. The minimum Gasteiger partial charge on any atom is -0.378 e. The van der Waals surface area contributed by atoms with E-state index in [1.165, 1.54) is 30.8 Å². The van der Waals surface area contributed by atoms with Crippen LogP contribution in [0.5, 0.6) is 0 Å². The van der Waals surface area contributed by atoms with Crippen LogP contribution in [0, 0.1) is 5.41 Å². The van der Waals surface area contributed by atoms with Gasteiger partial charge in [-0.05, 0) is 37.7 Å². The van der Waals surface area contributed by atoms with E-state index in [2.05, 4.69) is 44.8 Å². The molecule has 1 saturated heterocycles. The average molecular weight is 259 g/mol. The van der Waals surface area contributed by atoms with Gasteiger partial charge in [-0.2, -0.15) is 11.8 Å². The highest BCUT2D eigenvalue weighted by atomic mass is 32.2. The molecule has 2 atom stereocenters. The number of rotatable bonds is 8. The minimum atomic E-state index is 0.387. The van der Waals surface area contributed by atoms with E-state index in [4.69, 9.17) is 4.74 Å². The molecule has 2 nitrogen and oxygen atoms in total. The second-order valence-corrected chi connectivity index (χ2v) is 6.86. The molecule has 1 fully saturated rings. The monoisotopic (exact) mass is 259 g/mol. The van der Waals surface area contributed by atoms with Gasteiger partial charge in [-0.1, -0.05) is 20.8 Å². The van der Waals surface area contributed by atoms with Crippen LogP contribution in [0.3, 0.4) is 0 Å². The normalized spacial score (nSPS) is 29.1. The van der Waals surface area contributed by atoms with E-state index in [9.17, 15) is 0 Å². The van der Waals surface area contributed by atoms with E-state index in [0.29, 0.717) is 17.6 Å². The van der Waals surface area contributed by atoms with E-state index >= 15 is 0 Å². The van der Waals surface area contributed by atoms with Crippen LogP contribution in [0.25, 0.3) is 0 Å². The highest BCUT2D eigenvalue weighted by Gasteiger charge is 2.40. The Morgan fingerprint density at radius 2 is 2.24 bits per heavy atom. The van der Waals surface area contributed by atoms with E-state index in [-0.39, 0.29) is 0 Å². The van der Waals surface area contributed by atoms with Crippen LogP contribution >= 0.6 is 11.8 Å². The van der Waals surface area contributed by atoms with Crippen LogP contribution < -0.4 is 5.32 Å². The van der Waals surface area contributed by atoms with Crippen LogP contribution in [0.4, 0.5) is 0 Å². The first-order valence-corrected chi connectivity index (χ1v) is 8.19. The number of ether oxygens (including phenoxy) is 1. The van der Waals surface area contributed by atoms with Crippen molar-refractivity contribution in [2.24, 2.45) is 5.41 Å². The van der Waals surface area contributed by atoms with E-state index < -0.39 is 0 Å². The SMILES string of the molecule is CCSCCCC1(CNC(C)C)CCOC1C. The summed E-state index contributed by atoms with van der Waals surface area (Å²) in [6, 6.07) is 0.574. The highest BCUT2D eigenvalue weighted by Crippen LogP contribution is 2.39. The zero-order valence-corrected chi connectivity index (χ0v) is 12.7. The summed E-state index contributed by atoms with van der Waals surface area (Å²) < 4.78 is 5.81. The molecule has 1 aliphatic heterocycles. The predicted molar refractivity (Wildman–Crippen MR) is 77.8 cm³/mol. The molecule has 1 N–H and O–H groups in total. The molecular weight excluding hydrogens is 230 g/mol. The maximum atomic E-state index is 5.81. The van der Waals surface area contributed by atoms with Crippen molar-refractivity contribution in [3.63, 3.8) is 0 Å². The van der Waals surface area contributed by atoms with E-state index in [1.807, 2.05) is 0 Å². The van der Waals surface area contributed by atoms with Crippen molar-refractivity contribution in [1.29, 1.82) is 0 Å². The Bertz CT molecular complexity index is 210. The molecule has 1 rings (SSSR count). The van der Waals surface area contributed by atoms with Gasteiger partial charge in [0.2, 0.25) is 0 Å². The van der Waals surface area contributed by atoms with Crippen molar-refractivity contribution < 1.29 is 4.74 Å². The van der Waals surface area contributed by atoms with Crippen molar-refractivity contribution >= 4 is 11.8 Å². The van der Waals surface area contributed by atoms with Crippen molar-refractivity contribution in [2.75, 3.05) is 24.7 Å². The van der Waals surface area contributed by atoms with Crippen LogP contribution in [0.2, 0.25) is 0 Å². The maximum Gasteiger partial charge on any atom is 0.0616 e. The summed E-state index contributed by atoms with van der Waals surface area (Å²) in [6.07, 6.45) is 4.28. The maximum absolute atomic E-state index is 5.81. The first-order chi connectivity index (χ1) is 8.10. The molecule has 0 spiro atoms. The fourth-order valence-electron chi connectivity index (χ4n) is 2.55. The summed E-state index contributed by atoms with van der Waals surface area (Å²) in [4.78, 5) is 0. The molecule has 0 aliphatic carbocycles. The number of hydrogen-bond donors (Lipinski definition) is 1. The molecule has 1 heterocycles. The zero-order valence-electron chi connectivity index (χ0n) is 11.9. The Hall–Kier alpha value is 0.270. The summed E-state index contributed by atoms with van der Waals surface area (Å²) in [5.41, 5.74) is 0.387. The van der Waals surface area contributed by atoms with Crippen LogP contribution in [-0.4, -0.2) is 36.8 Å². The number of hydrogen-bond acceptors (Lipinski definition) is 3. The second kappa shape index (κ2) is 7.65. The zero-order chi connectivity index (χ0) is 12.7. The Morgan fingerprint density at radius 3 is 2.76 bits per heavy atom. The van der Waals surface area contributed by atoms with Gasteiger partial charge >= 0.3 is 0 Å². The molecule has 0 aromatic heterocycles. The molecule has 0 radical (unpaired) electrons. The molecular formula is C14H29NOS. The third-order valence-corrected chi connectivity index (χ3v) is 4.85. The van der Waals surface area contributed by atoms with Gasteiger partial charge in [-0.15, -0.1) is 0 Å². The lowest BCUT2D eigenvalue weighted by Crippen LogP contribution is -2.42. The van der Waals surface area contributed by atoms with E-state index in [1.54, 1.807) is 0 Å². The first-order valence-electron chi connectivity index (χ1n) is 7.03. The fourth-order valence-corrected chi connectivity index (χ4v) is 3.18. The van der Waals surface area contributed by atoms with Gasteiger partial charge in [-0.3, -0.25) is 0 Å². The Kier molecular flexibility index (Phi) is 6.90. The van der Waals surface area contributed by atoms with E-state index in [0.717, 1.165) is 13.2 Å².